The monoisotopic (exact) mass is 311 g/mol. The molecule has 1 aliphatic carbocycles. The Kier molecular flexibility index (Phi) is 4.40. The van der Waals surface area contributed by atoms with Gasteiger partial charge in [0.2, 0.25) is 0 Å². The predicted molar refractivity (Wildman–Crippen MR) is 74.6 cm³/mol. The van der Waals surface area contributed by atoms with Crippen molar-refractivity contribution in [3.05, 3.63) is 33.8 Å². The quantitative estimate of drug-likeness (QED) is 0.878. The van der Waals surface area contributed by atoms with Crippen molar-refractivity contribution in [3.63, 3.8) is 0 Å². The van der Waals surface area contributed by atoms with E-state index in [2.05, 4.69) is 21.2 Å². The molecular weight excluding hydrogens is 294 g/mol. The van der Waals surface area contributed by atoms with Gasteiger partial charge in [-0.25, -0.2) is 0 Å². The fourth-order valence-electron chi connectivity index (χ4n) is 2.05. The highest BCUT2D eigenvalue weighted by atomic mass is 79.9. The molecule has 1 aromatic carbocycles. The van der Waals surface area contributed by atoms with Gasteiger partial charge in [-0.1, -0.05) is 22.0 Å². The van der Waals surface area contributed by atoms with Gasteiger partial charge in [-0.15, -0.1) is 0 Å². The van der Waals surface area contributed by atoms with Crippen molar-refractivity contribution in [2.45, 2.75) is 32.2 Å². The minimum atomic E-state index is -0.0546. The zero-order valence-corrected chi connectivity index (χ0v) is 12.0. The Morgan fingerprint density at radius 2 is 2.28 bits per heavy atom. The van der Waals surface area contributed by atoms with Gasteiger partial charge in [-0.2, -0.15) is 0 Å². The molecule has 1 aromatic rings. The fraction of sp³-hybridized carbons (Fsp3) is 0.500. The van der Waals surface area contributed by atoms with Crippen LogP contribution < -0.4 is 5.32 Å². The number of hydrogen-bond acceptors (Lipinski definition) is 2. The maximum Gasteiger partial charge on any atom is 0.251 e. The zero-order valence-electron chi connectivity index (χ0n) is 10.4. The van der Waals surface area contributed by atoms with Gasteiger partial charge >= 0.3 is 0 Å². The third-order valence-corrected chi connectivity index (χ3v) is 4.24. The lowest BCUT2D eigenvalue weighted by molar-refractivity contribution is 0.0924. The van der Waals surface area contributed by atoms with Gasteiger partial charge in [0.25, 0.3) is 5.91 Å². The first-order chi connectivity index (χ1) is 8.61. The maximum absolute atomic E-state index is 12.1. The van der Waals surface area contributed by atoms with Crippen molar-refractivity contribution in [2.24, 2.45) is 5.92 Å². The molecule has 1 amide bonds. The number of aliphatic hydroxyl groups excluding tert-OH is 1. The Balaban J connectivity index is 2.03. The van der Waals surface area contributed by atoms with Crippen molar-refractivity contribution in [2.75, 3.05) is 6.61 Å². The summed E-state index contributed by atoms with van der Waals surface area (Å²) in [6, 6.07) is 5.71. The normalized spacial score (nSPS) is 16.4. The lowest BCUT2D eigenvalue weighted by Gasteiger charge is -2.17. The number of halogens is 1. The van der Waals surface area contributed by atoms with Crippen molar-refractivity contribution < 1.29 is 9.90 Å². The average molecular weight is 312 g/mol. The number of amides is 1. The van der Waals surface area contributed by atoms with Gasteiger partial charge in [0.15, 0.2) is 0 Å². The lowest BCUT2D eigenvalue weighted by atomic mass is 10.1. The SMILES string of the molecule is Cc1ccc(C(=O)NC(CCO)C2CC2)cc1Br. The summed E-state index contributed by atoms with van der Waals surface area (Å²) in [4.78, 5) is 12.1. The molecule has 0 saturated heterocycles. The van der Waals surface area contributed by atoms with Crippen molar-refractivity contribution in [3.8, 4) is 0 Å². The topological polar surface area (TPSA) is 49.3 Å². The number of carbonyl (C=O) groups excluding carboxylic acids is 1. The highest BCUT2D eigenvalue weighted by Gasteiger charge is 2.31. The van der Waals surface area contributed by atoms with Crippen LogP contribution in [0.2, 0.25) is 0 Å². The minimum absolute atomic E-state index is 0.0546. The van der Waals surface area contributed by atoms with Crippen molar-refractivity contribution in [1.29, 1.82) is 0 Å². The lowest BCUT2D eigenvalue weighted by Crippen LogP contribution is -2.37. The van der Waals surface area contributed by atoms with Crippen LogP contribution in [0.5, 0.6) is 0 Å². The Morgan fingerprint density at radius 1 is 1.56 bits per heavy atom. The Morgan fingerprint density at radius 3 is 2.83 bits per heavy atom. The van der Waals surface area contributed by atoms with E-state index < -0.39 is 0 Å². The predicted octanol–water partition coefficient (Wildman–Crippen LogP) is 2.65. The molecule has 0 aromatic heterocycles. The number of rotatable bonds is 5. The van der Waals surface area contributed by atoms with Crippen LogP contribution in [0, 0.1) is 12.8 Å². The first-order valence-electron chi connectivity index (χ1n) is 6.29. The second-order valence-corrected chi connectivity index (χ2v) is 5.75. The van der Waals surface area contributed by atoms with Crippen LogP contribution in [0.25, 0.3) is 0 Å². The molecule has 1 unspecified atom stereocenters. The number of aryl methyl sites for hydroxylation is 1. The van der Waals surface area contributed by atoms with Crippen LogP contribution in [-0.4, -0.2) is 23.7 Å². The van der Waals surface area contributed by atoms with Crippen LogP contribution in [0.3, 0.4) is 0 Å². The summed E-state index contributed by atoms with van der Waals surface area (Å²) in [5, 5.41) is 12.0. The minimum Gasteiger partial charge on any atom is -0.396 e. The second-order valence-electron chi connectivity index (χ2n) is 4.89. The first-order valence-corrected chi connectivity index (χ1v) is 7.09. The van der Waals surface area contributed by atoms with E-state index in [9.17, 15) is 4.79 Å². The molecule has 2 rings (SSSR count). The number of benzene rings is 1. The molecule has 1 atom stereocenters. The summed E-state index contributed by atoms with van der Waals surface area (Å²) >= 11 is 3.43. The third-order valence-electron chi connectivity index (χ3n) is 3.38. The average Bonchev–Trinajstić information content (AvgIpc) is 3.16. The van der Waals surface area contributed by atoms with Crippen LogP contribution in [-0.2, 0) is 0 Å². The summed E-state index contributed by atoms with van der Waals surface area (Å²) in [6.45, 7) is 2.11. The standard InChI is InChI=1S/C14H18BrNO2/c1-9-2-3-11(8-12(9)15)14(18)16-13(6-7-17)10-4-5-10/h2-3,8,10,13,17H,4-7H2,1H3,(H,16,18). The molecule has 1 fully saturated rings. The third kappa shape index (κ3) is 3.33. The van der Waals surface area contributed by atoms with Crippen LogP contribution >= 0.6 is 15.9 Å². The molecule has 0 radical (unpaired) electrons. The largest absolute Gasteiger partial charge is 0.396 e. The molecule has 2 N–H and O–H groups in total. The number of nitrogens with one attached hydrogen (secondary N) is 1. The van der Waals surface area contributed by atoms with Crippen LogP contribution in [0.4, 0.5) is 0 Å². The molecule has 0 spiro atoms. The molecule has 4 heteroatoms. The Labute approximate surface area is 116 Å². The van der Waals surface area contributed by atoms with Gasteiger partial charge in [-0.3, -0.25) is 4.79 Å². The highest BCUT2D eigenvalue weighted by molar-refractivity contribution is 9.10. The van der Waals surface area contributed by atoms with E-state index in [-0.39, 0.29) is 18.6 Å². The molecule has 1 saturated carbocycles. The number of carbonyl (C=O) groups is 1. The Hall–Kier alpha value is -0.870. The summed E-state index contributed by atoms with van der Waals surface area (Å²) in [6.07, 6.45) is 2.95. The fourth-order valence-corrected chi connectivity index (χ4v) is 2.43. The van der Waals surface area contributed by atoms with Gasteiger partial charge < -0.3 is 10.4 Å². The van der Waals surface area contributed by atoms with Gasteiger partial charge in [-0.05, 0) is 49.8 Å². The number of hydrogen-bond donors (Lipinski definition) is 2. The molecule has 1 aliphatic rings. The summed E-state index contributed by atoms with van der Waals surface area (Å²) in [7, 11) is 0. The van der Waals surface area contributed by atoms with Crippen molar-refractivity contribution in [1.82, 2.24) is 5.32 Å². The van der Waals surface area contributed by atoms with Gasteiger partial charge in [0.05, 0.1) is 0 Å². The summed E-state index contributed by atoms with van der Waals surface area (Å²) in [5.74, 6) is 0.496. The van der Waals surface area contributed by atoms with E-state index >= 15 is 0 Å². The van der Waals surface area contributed by atoms with E-state index in [0.717, 1.165) is 22.9 Å². The van der Waals surface area contributed by atoms with Crippen LogP contribution in [0.1, 0.15) is 35.2 Å². The summed E-state index contributed by atoms with van der Waals surface area (Å²) < 4.78 is 0.945. The second kappa shape index (κ2) is 5.85. The Bertz CT molecular complexity index is 443. The highest BCUT2D eigenvalue weighted by Crippen LogP contribution is 2.34. The molecule has 3 nitrogen and oxygen atoms in total. The van der Waals surface area contributed by atoms with Crippen LogP contribution in [0.15, 0.2) is 22.7 Å². The van der Waals surface area contributed by atoms with Gasteiger partial charge in [0, 0.05) is 22.7 Å². The van der Waals surface area contributed by atoms with Gasteiger partial charge in [0.1, 0.15) is 0 Å². The number of aliphatic hydroxyl groups is 1. The zero-order chi connectivity index (χ0) is 13.1. The van der Waals surface area contributed by atoms with E-state index in [4.69, 9.17) is 5.11 Å². The van der Waals surface area contributed by atoms with E-state index in [1.54, 1.807) is 0 Å². The molecule has 98 valence electrons. The molecular formula is C14H18BrNO2. The van der Waals surface area contributed by atoms with E-state index in [1.807, 2.05) is 25.1 Å². The van der Waals surface area contributed by atoms with E-state index in [0.29, 0.717) is 17.9 Å². The first kappa shape index (κ1) is 13.6. The molecule has 18 heavy (non-hydrogen) atoms. The van der Waals surface area contributed by atoms with Crippen molar-refractivity contribution >= 4 is 21.8 Å². The molecule has 0 bridgehead atoms. The smallest absolute Gasteiger partial charge is 0.251 e. The molecule has 0 heterocycles. The maximum atomic E-state index is 12.1. The summed E-state index contributed by atoms with van der Waals surface area (Å²) in [5.41, 5.74) is 1.77. The van der Waals surface area contributed by atoms with E-state index in [1.165, 1.54) is 0 Å². The molecule has 0 aliphatic heterocycles.